The molecule has 10 heteroatoms. The molecular formula is C22H29N5O4S. The molecule has 0 spiro atoms. The monoisotopic (exact) mass is 459 g/mol. The third-order valence-corrected chi connectivity index (χ3v) is 6.54. The number of fused-ring (bicyclic) bond motifs is 1. The highest BCUT2D eigenvalue weighted by atomic mass is 32.1. The van der Waals surface area contributed by atoms with Crippen LogP contribution in [0.25, 0.3) is 0 Å². The number of nitrogens with one attached hydrogen (secondary N) is 1. The summed E-state index contributed by atoms with van der Waals surface area (Å²) in [5, 5.41) is 4.25. The molecule has 1 aromatic heterocycles. The van der Waals surface area contributed by atoms with E-state index < -0.39 is 5.66 Å². The Morgan fingerprint density at radius 3 is 2.88 bits per heavy atom. The predicted molar refractivity (Wildman–Crippen MR) is 125 cm³/mol. The highest BCUT2D eigenvalue weighted by molar-refractivity contribution is 7.14. The van der Waals surface area contributed by atoms with Crippen LogP contribution in [0.4, 0.5) is 10.7 Å². The number of aliphatic imine (C=N–C) groups is 1. The first-order chi connectivity index (χ1) is 15.7. The number of nitrogens with zero attached hydrogens (tertiary/aromatic N) is 4. The van der Waals surface area contributed by atoms with Gasteiger partial charge >= 0.3 is 0 Å². The second kappa shape index (κ2) is 10.4. The Balaban J connectivity index is 1.54. The van der Waals surface area contributed by atoms with Gasteiger partial charge in [0.05, 0.1) is 57.2 Å². The maximum Gasteiger partial charge on any atom is 0.163 e. The lowest BCUT2D eigenvalue weighted by atomic mass is 9.95. The van der Waals surface area contributed by atoms with Crippen molar-refractivity contribution in [1.82, 2.24) is 15.2 Å². The van der Waals surface area contributed by atoms with Gasteiger partial charge in [0.2, 0.25) is 0 Å². The van der Waals surface area contributed by atoms with Gasteiger partial charge in [-0.2, -0.15) is 0 Å². The summed E-state index contributed by atoms with van der Waals surface area (Å²) in [6.45, 7) is 7.32. The van der Waals surface area contributed by atoms with Crippen LogP contribution in [-0.2, 0) is 15.2 Å². The Morgan fingerprint density at radius 1 is 1.31 bits per heavy atom. The molecule has 172 valence electrons. The fourth-order valence-corrected chi connectivity index (χ4v) is 4.70. The van der Waals surface area contributed by atoms with E-state index in [4.69, 9.17) is 14.2 Å². The molecule has 1 N–H and O–H groups in total. The molecular weight excluding hydrogens is 430 g/mol. The van der Waals surface area contributed by atoms with Gasteiger partial charge in [0.15, 0.2) is 11.5 Å². The normalized spacial score (nSPS) is 20.8. The summed E-state index contributed by atoms with van der Waals surface area (Å²) in [7, 11) is 1.63. The molecule has 0 amide bonds. The maximum atomic E-state index is 11.2. The first-order valence-electron chi connectivity index (χ1n) is 10.7. The third kappa shape index (κ3) is 4.78. The van der Waals surface area contributed by atoms with Gasteiger partial charge in [-0.1, -0.05) is 0 Å². The number of rotatable bonds is 10. The molecule has 2 aliphatic heterocycles. The van der Waals surface area contributed by atoms with E-state index in [0.29, 0.717) is 18.1 Å². The van der Waals surface area contributed by atoms with Gasteiger partial charge in [-0.05, 0) is 19.4 Å². The number of ether oxygens (including phenoxy) is 3. The standard InChI is InChI=1S/C22H29N5O4S/c1-22(25-4-8-28)17-12-19(29-2)20(31-9-3-5-26-6-10-30-11-7-26)13-18(17)24-15-27(22)21-14-23-16-32-21/h8,12-16,25H,3-7,9-11H2,1-2H3. The van der Waals surface area contributed by atoms with Crippen LogP contribution in [0, 0.1) is 0 Å². The topological polar surface area (TPSA) is 88.5 Å². The molecule has 1 fully saturated rings. The molecule has 2 aliphatic rings. The summed E-state index contributed by atoms with van der Waals surface area (Å²) >= 11 is 1.51. The smallest absolute Gasteiger partial charge is 0.163 e. The minimum Gasteiger partial charge on any atom is -0.493 e. The summed E-state index contributed by atoms with van der Waals surface area (Å²) in [6, 6.07) is 3.85. The average Bonchev–Trinajstić information content (AvgIpc) is 3.35. The molecule has 1 atom stereocenters. The lowest BCUT2D eigenvalue weighted by Gasteiger charge is -2.43. The average molecular weight is 460 g/mol. The van der Waals surface area contributed by atoms with Gasteiger partial charge in [0, 0.05) is 31.3 Å². The van der Waals surface area contributed by atoms with Crippen LogP contribution in [0.3, 0.4) is 0 Å². The number of hydrogen-bond acceptors (Lipinski definition) is 10. The van der Waals surface area contributed by atoms with Crippen molar-refractivity contribution in [2.24, 2.45) is 4.99 Å². The number of benzene rings is 1. The molecule has 0 saturated carbocycles. The van der Waals surface area contributed by atoms with E-state index in [1.807, 2.05) is 24.0 Å². The van der Waals surface area contributed by atoms with E-state index >= 15 is 0 Å². The summed E-state index contributed by atoms with van der Waals surface area (Å²) in [4.78, 5) is 24.4. The maximum absolute atomic E-state index is 11.2. The minimum atomic E-state index is -0.702. The SMILES string of the molecule is COc1cc2c(cc1OCCCN1CCOCC1)N=CN(c1cncs1)C2(C)NCC=O. The lowest BCUT2D eigenvalue weighted by molar-refractivity contribution is -0.107. The van der Waals surface area contributed by atoms with Crippen LogP contribution in [0.5, 0.6) is 11.5 Å². The number of methoxy groups -OCH3 is 1. The van der Waals surface area contributed by atoms with E-state index in [9.17, 15) is 4.79 Å². The van der Waals surface area contributed by atoms with E-state index in [0.717, 1.165) is 61.8 Å². The van der Waals surface area contributed by atoms with E-state index in [1.165, 1.54) is 11.3 Å². The molecule has 9 nitrogen and oxygen atoms in total. The first kappa shape index (κ1) is 22.7. The zero-order valence-electron chi connectivity index (χ0n) is 18.5. The number of aldehydes is 1. The van der Waals surface area contributed by atoms with Crippen molar-refractivity contribution in [1.29, 1.82) is 0 Å². The van der Waals surface area contributed by atoms with Crippen molar-refractivity contribution in [2.45, 2.75) is 19.0 Å². The third-order valence-electron chi connectivity index (χ3n) is 5.77. The van der Waals surface area contributed by atoms with Crippen molar-refractivity contribution in [3.05, 3.63) is 29.4 Å². The summed E-state index contributed by atoms with van der Waals surface area (Å²) in [5.41, 5.74) is 2.74. The minimum absolute atomic E-state index is 0.196. The van der Waals surface area contributed by atoms with Crippen LogP contribution < -0.4 is 19.7 Å². The van der Waals surface area contributed by atoms with Crippen molar-refractivity contribution < 1.29 is 19.0 Å². The van der Waals surface area contributed by atoms with Crippen LogP contribution in [0.15, 0.2) is 28.8 Å². The van der Waals surface area contributed by atoms with Crippen molar-refractivity contribution in [3.63, 3.8) is 0 Å². The second-order valence-corrected chi connectivity index (χ2v) is 8.62. The van der Waals surface area contributed by atoms with Crippen LogP contribution in [0.1, 0.15) is 18.9 Å². The molecule has 1 aromatic carbocycles. The number of anilines is 1. The van der Waals surface area contributed by atoms with Gasteiger partial charge < -0.3 is 19.0 Å². The fraction of sp³-hybridized carbons (Fsp3) is 0.500. The molecule has 1 unspecified atom stereocenters. The summed E-state index contributed by atoms with van der Waals surface area (Å²) in [5.74, 6) is 1.30. The zero-order valence-corrected chi connectivity index (χ0v) is 19.3. The van der Waals surface area contributed by atoms with Crippen LogP contribution in [0.2, 0.25) is 0 Å². The number of morpholine rings is 1. The van der Waals surface area contributed by atoms with Gasteiger partial charge in [-0.25, -0.2) is 4.99 Å². The van der Waals surface area contributed by atoms with Crippen molar-refractivity contribution >= 4 is 34.6 Å². The number of aromatic nitrogens is 1. The number of hydrogen-bond donors (Lipinski definition) is 1. The van der Waals surface area contributed by atoms with Crippen molar-refractivity contribution in [2.75, 3.05) is 58.0 Å². The van der Waals surface area contributed by atoms with E-state index in [-0.39, 0.29) is 6.54 Å². The van der Waals surface area contributed by atoms with Gasteiger partial charge in [0.1, 0.15) is 17.0 Å². The van der Waals surface area contributed by atoms with Crippen molar-refractivity contribution in [3.8, 4) is 11.5 Å². The molecule has 0 bridgehead atoms. The second-order valence-electron chi connectivity index (χ2n) is 7.75. The molecule has 3 heterocycles. The molecule has 32 heavy (non-hydrogen) atoms. The summed E-state index contributed by atoms with van der Waals surface area (Å²) < 4.78 is 17.1. The number of carbonyl (C=O) groups is 1. The molecule has 4 rings (SSSR count). The Morgan fingerprint density at radius 2 is 2.16 bits per heavy atom. The fourth-order valence-electron chi connectivity index (χ4n) is 4.00. The zero-order chi connectivity index (χ0) is 22.4. The molecule has 0 aliphatic carbocycles. The largest absolute Gasteiger partial charge is 0.493 e. The Bertz CT molecular complexity index is 933. The number of thiazole rings is 1. The molecule has 0 radical (unpaired) electrons. The Kier molecular flexibility index (Phi) is 7.36. The van der Waals surface area contributed by atoms with Gasteiger partial charge in [-0.15, -0.1) is 11.3 Å². The van der Waals surface area contributed by atoms with Gasteiger partial charge in [0.25, 0.3) is 0 Å². The quantitative estimate of drug-likeness (QED) is 0.428. The first-order valence-corrected chi connectivity index (χ1v) is 11.6. The van der Waals surface area contributed by atoms with E-state index in [1.54, 1.807) is 25.2 Å². The Hall–Kier alpha value is -2.53. The van der Waals surface area contributed by atoms with Gasteiger partial charge in [-0.3, -0.25) is 20.1 Å². The molecule has 2 aromatic rings. The predicted octanol–water partition coefficient (Wildman–Crippen LogP) is 2.39. The molecule has 1 saturated heterocycles. The lowest BCUT2D eigenvalue weighted by Crippen LogP contribution is -2.55. The van der Waals surface area contributed by atoms with Crippen LogP contribution in [-0.4, -0.2) is 75.6 Å². The van der Waals surface area contributed by atoms with E-state index in [2.05, 4.69) is 20.2 Å². The highest BCUT2D eigenvalue weighted by Crippen LogP contribution is 2.44. The Labute approximate surface area is 192 Å². The number of carbonyl (C=O) groups excluding carboxylic acids is 1. The highest BCUT2D eigenvalue weighted by Gasteiger charge is 2.39. The van der Waals surface area contributed by atoms with Crippen LogP contribution >= 0.6 is 11.3 Å². The summed E-state index contributed by atoms with van der Waals surface area (Å²) in [6.07, 6.45) is 5.32.